The number of ether oxygens (including phenoxy) is 1. The number of carbonyl (C=O) groups is 2. The number of halogens is 1. The summed E-state index contributed by atoms with van der Waals surface area (Å²) in [6, 6.07) is 6.25. The molecule has 2 aliphatic rings. The molecule has 27 heavy (non-hydrogen) atoms. The number of nitrogens with one attached hydrogen (secondary N) is 2. The lowest BCUT2D eigenvalue weighted by molar-refractivity contribution is -0.126. The second kappa shape index (κ2) is 9.07. The summed E-state index contributed by atoms with van der Waals surface area (Å²) in [6.45, 7) is 4.71. The molecule has 0 spiro atoms. The third kappa shape index (κ3) is 5.45. The summed E-state index contributed by atoms with van der Waals surface area (Å²) in [7, 11) is 0. The van der Waals surface area contributed by atoms with E-state index in [4.69, 9.17) is 16.3 Å². The summed E-state index contributed by atoms with van der Waals surface area (Å²) >= 11 is 5.89. The minimum Gasteiger partial charge on any atom is -0.378 e. The predicted molar refractivity (Wildman–Crippen MR) is 106 cm³/mol. The summed E-state index contributed by atoms with van der Waals surface area (Å²) in [4.78, 5) is 25.5. The van der Waals surface area contributed by atoms with Gasteiger partial charge in [-0.25, -0.2) is 0 Å². The van der Waals surface area contributed by atoms with Crippen LogP contribution < -0.4 is 10.6 Å². The second-order valence-electron chi connectivity index (χ2n) is 7.82. The van der Waals surface area contributed by atoms with Crippen LogP contribution in [-0.2, 0) is 9.53 Å². The maximum Gasteiger partial charge on any atom is 0.251 e. The van der Waals surface area contributed by atoms with E-state index in [1.807, 2.05) is 13.8 Å². The Morgan fingerprint density at radius 3 is 2.56 bits per heavy atom. The fourth-order valence-corrected chi connectivity index (χ4v) is 3.70. The summed E-state index contributed by atoms with van der Waals surface area (Å²) in [5, 5.41) is 6.65. The van der Waals surface area contributed by atoms with Crippen molar-refractivity contribution in [3.05, 3.63) is 34.9 Å². The fraction of sp³-hybridized carbons (Fsp3) is 0.619. The van der Waals surface area contributed by atoms with E-state index in [0.29, 0.717) is 23.1 Å². The normalized spacial score (nSPS) is 24.7. The zero-order valence-electron chi connectivity index (χ0n) is 16.0. The first-order valence-electron chi connectivity index (χ1n) is 9.96. The molecule has 1 heterocycles. The fourth-order valence-electron chi connectivity index (χ4n) is 3.57. The lowest BCUT2D eigenvalue weighted by Gasteiger charge is -2.32. The Bertz CT molecular complexity index is 660. The topological polar surface area (TPSA) is 67.4 Å². The third-order valence-electron chi connectivity index (χ3n) is 5.70. The SMILES string of the molecule is CC[C@H](C)[C@H](NC(=O)c1ccc(Cl)cc1)C(=O)N[C@@H]1CCO[C@@H](C2CC2)C1. The molecule has 6 heteroatoms. The van der Waals surface area contributed by atoms with Gasteiger partial charge in [-0.05, 0) is 61.8 Å². The number of hydrogen-bond donors (Lipinski definition) is 2. The van der Waals surface area contributed by atoms with Crippen LogP contribution in [0.15, 0.2) is 24.3 Å². The molecule has 3 rings (SSSR count). The zero-order valence-corrected chi connectivity index (χ0v) is 16.8. The summed E-state index contributed by atoms with van der Waals surface area (Å²) in [5.74, 6) is 0.350. The lowest BCUT2D eigenvalue weighted by atomic mass is 9.95. The van der Waals surface area contributed by atoms with E-state index in [-0.39, 0.29) is 29.9 Å². The van der Waals surface area contributed by atoms with Gasteiger partial charge in [0, 0.05) is 23.2 Å². The minimum atomic E-state index is -0.555. The molecule has 0 radical (unpaired) electrons. The number of rotatable bonds is 7. The molecular formula is C21H29ClN2O3. The zero-order chi connectivity index (χ0) is 19.4. The summed E-state index contributed by atoms with van der Waals surface area (Å²) < 4.78 is 5.84. The van der Waals surface area contributed by atoms with Gasteiger partial charge >= 0.3 is 0 Å². The van der Waals surface area contributed by atoms with Gasteiger partial charge in [0.25, 0.3) is 5.91 Å². The van der Waals surface area contributed by atoms with Crippen molar-refractivity contribution >= 4 is 23.4 Å². The van der Waals surface area contributed by atoms with Crippen LogP contribution in [0.2, 0.25) is 5.02 Å². The predicted octanol–water partition coefficient (Wildman–Crippen LogP) is 3.56. The molecule has 2 N–H and O–H groups in total. The van der Waals surface area contributed by atoms with Crippen molar-refractivity contribution in [3.63, 3.8) is 0 Å². The van der Waals surface area contributed by atoms with Gasteiger partial charge in [0.1, 0.15) is 6.04 Å². The Morgan fingerprint density at radius 2 is 1.93 bits per heavy atom. The van der Waals surface area contributed by atoms with Gasteiger partial charge in [-0.1, -0.05) is 31.9 Å². The molecule has 0 unspecified atom stereocenters. The van der Waals surface area contributed by atoms with Gasteiger partial charge in [-0.2, -0.15) is 0 Å². The number of carbonyl (C=O) groups excluding carboxylic acids is 2. The van der Waals surface area contributed by atoms with Gasteiger partial charge in [-0.3, -0.25) is 9.59 Å². The molecule has 1 saturated carbocycles. The molecule has 1 aliphatic carbocycles. The van der Waals surface area contributed by atoms with E-state index >= 15 is 0 Å². The van der Waals surface area contributed by atoms with Crippen molar-refractivity contribution in [2.24, 2.45) is 11.8 Å². The molecule has 1 aliphatic heterocycles. The van der Waals surface area contributed by atoms with Crippen molar-refractivity contribution in [2.45, 2.75) is 64.1 Å². The Balaban J connectivity index is 1.61. The number of hydrogen-bond acceptors (Lipinski definition) is 3. The average molecular weight is 393 g/mol. The van der Waals surface area contributed by atoms with Gasteiger partial charge in [0.2, 0.25) is 5.91 Å². The maximum absolute atomic E-state index is 12.9. The molecular weight excluding hydrogens is 364 g/mol. The molecule has 2 fully saturated rings. The van der Waals surface area contributed by atoms with Crippen LogP contribution >= 0.6 is 11.6 Å². The highest BCUT2D eigenvalue weighted by Gasteiger charge is 2.37. The maximum atomic E-state index is 12.9. The van der Waals surface area contributed by atoms with E-state index in [1.54, 1.807) is 24.3 Å². The van der Waals surface area contributed by atoms with Crippen LogP contribution in [-0.4, -0.2) is 36.6 Å². The number of amides is 2. The van der Waals surface area contributed by atoms with Gasteiger partial charge in [0.15, 0.2) is 0 Å². The van der Waals surface area contributed by atoms with E-state index < -0.39 is 6.04 Å². The lowest BCUT2D eigenvalue weighted by Crippen LogP contribution is -2.54. The molecule has 0 aromatic heterocycles. The average Bonchev–Trinajstić information content (AvgIpc) is 3.51. The highest BCUT2D eigenvalue weighted by Crippen LogP contribution is 2.38. The highest BCUT2D eigenvalue weighted by atomic mass is 35.5. The quantitative estimate of drug-likeness (QED) is 0.745. The van der Waals surface area contributed by atoms with Gasteiger partial charge < -0.3 is 15.4 Å². The van der Waals surface area contributed by atoms with E-state index in [2.05, 4.69) is 10.6 Å². The van der Waals surface area contributed by atoms with Crippen LogP contribution in [0.3, 0.4) is 0 Å². The Morgan fingerprint density at radius 1 is 1.22 bits per heavy atom. The molecule has 2 amide bonds. The molecule has 1 saturated heterocycles. The van der Waals surface area contributed by atoms with Crippen LogP contribution in [0.4, 0.5) is 0 Å². The summed E-state index contributed by atoms with van der Waals surface area (Å²) in [5.41, 5.74) is 0.500. The van der Waals surface area contributed by atoms with Crippen molar-refractivity contribution < 1.29 is 14.3 Å². The van der Waals surface area contributed by atoms with Crippen LogP contribution in [0.5, 0.6) is 0 Å². The first-order valence-corrected chi connectivity index (χ1v) is 10.3. The molecule has 1 aromatic carbocycles. The van der Waals surface area contributed by atoms with Crippen molar-refractivity contribution in [3.8, 4) is 0 Å². The third-order valence-corrected chi connectivity index (χ3v) is 5.95. The highest BCUT2D eigenvalue weighted by molar-refractivity contribution is 6.30. The summed E-state index contributed by atoms with van der Waals surface area (Å²) in [6.07, 6.45) is 5.24. The van der Waals surface area contributed by atoms with Crippen molar-refractivity contribution in [1.82, 2.24) is 10.6 Å². The van der Waals surface area contributed by atoms with Crippen molar-refractivity contribution in [2.75, 3.05) is 6.61 Å². The van der Waals surface area contributed by atoms with Crippen molar-refractivity contribution in [1.29, 1.82) is 0 Å². The molecule has 5 nitrogen and oxygen atoms in total. The Kier molecular flexibility index (Phi) is 6.77. The minimum absolute atomic E-state index is 0.0420. The van der Waals surface area contributed by atoms with E-state index in [1.165, 1.54) is 12.8 Å². The number of benzene rings is 1. The van der Waals surface area contributed by atoms with E-state index in [9.17, 15) is 9.59 Å². The standard InChI is InChI=1S/C21H29ClN2O3/c1-3-13(2)19(24-20(25)15-6-8-16(22)9-7-15)21(26)23-17-10-11-27-18(12-17)14-4-5-14/h6-9,13-14,17-19H,3-5,10-12H2,1-2H3,(H,23,26)(H,24,25)/t13-,17+,18+,19-/m0/s1. The van der Waals surface area contributed by atoms with Crippen LogP contribution in [0.25, 0.3) is 0 Å². The Hall–Kier alpha value is -1.59. The first-order chi connectivity index (χ1) is 13.0. The molecule has 0 bridgehead atoms. The Labute approximate surface area is 166 Å². The van der Waals surface area contributed by atoms with Gasteiger partial charge in [-0.15, -0.1) is 0 Å². The van der Waals surface area contributed by atoms with Gasteiger partial charge in [0.05, 0.1) is 6.10 Å². The van der Waals surface area contributed by atoms with E-state index in [0.717, 1.165) is 19.3 Å². The second-order valence-corrected chi connectivity index (χ2v) is 8.26. The largest absolute Gasteiger partial charge is 0.378 e. The molecule has 4 atom stereocenters. The molecule has 148 valence electrons. The molecule has 1 aromatic rings. The van der Waals surface area contributed by atoms with Crippen LogP contribution in [0, 0.1) is 11.8 Å². The van der Waals surface area contributed by atoms with Crippen LogP contribution in [0.1, 0.15) is 56.3 Å². The monoisotopic (exact) mass is 392 g/mol. The first kappa shape index (κ1) is 20.2. The smallest absolute Gasteiger partial charge is 0.251 e.